The normalized spacial score (nSPS) is 12.3. The quantitative estimate of drug-likeness (QED) is 0.334. The molecule has 0 radical (unpaired) electrons. The Hall–Kier alpha value is -1.49. The summed E-state index contributed by atoms with van der Waals surface area (Å²) in [6.07, 6.45) is 3.94. The smallest absolute Gasteiger partial charge is 0.394 e. The highest BCUT2D eigenvalue weighted by Gasteiger charge is 2.06. The van der Waals surface area contributed by atoms with Gasteiger partial charge in [-0.15, -0.1) is 0 Å². The maximum atomic E-state index is 8.74. The first-order chi connectivity index (χ1) is 12.2. The minimum atomic E-state index is -4.67. The molecule has 2 rings (SSSR count). The van der Waals surface area contributed by atoms with Crippen LogP contribution in [0, 0.1) is 0 Å². The largest absolute Gasteiger partial charge is 0.395 e. The van der Waals surface area contributed by atoms with E-state index in [2.05, 4.69) is 22.5 Å². The number of aliphatic hydroxyl groups excluding tert-OH is 1. The predicted molar refractivity (Wildman–Crippen MR) is 103 cm³/mol. The SMILES string of the molecule is CC(CCCNCCO)Nc1ccnc2cc(Cl)ccc12.O=S(=O)(O)O. The van der Waals surface area contributed by atoms with Crippen molar-refractivity contribution in [1.82, 2.24) is 10.3 Å². The number of halogens is 1. The van der Waals surface area contributed by atoms with Gasteiger partial charge in [-0.3, -0.25) is 14.1 Å². The molecule has 146 valence electrons. The van der Waals surface area contributed by atoms with Crippen molar-refractivity contribution >= 4 is 38.6 Å². The summed E-state index contributed by atoms with van der Waals surface area (Å²) in [5, 5.41) is 17.2. The van der Waals surface area contributed by atoms with E-state index in [1.54, 1.807) is 6.20 Å². The Kier molecular flexibility index (Phi) is 9.78. The van der Waals surface area contributed by atoms with Crippen LogP contribution >= 0.6 is 11.6 Å². The van der Waals surface area contributed by atoms with Crippen LogP contribution in [0.15, 0.2) is 30.5 Å². The highest BCUT2D eigenvalue weighted by Crippen LogP contribution is 2.25. The Labute approximate surface area is 158 Å². The summed E-state index contributed by atoms with van der Waals surface area (Å²) < 4.78 is 31.6. The molecule has 0 fully saturated rings. The third-order valence-corrected chi connectivity index (χ3v) is 3.62. The fourth-order valence-electron chi connectivity index (χ4n) is 2.32. The number of nitrogens with one attached hydrogen (secondary N) is 2. The van der Waals surface area contributed by atoms with Crippen LogP contribution in [-0.2, 0) is 10.4 Å². The minimum Gasteiger partial charge on any atom is -0.395 e. The summed E-state index contributed by atoms with van der Waals surface area (Å²) in [6, 6.07) is 8.15. The van der Waals surface area contributed by atoms with Gasteiger partial charge >= 0.3 is 10.4 Å². The molecule has 1 heterocycles. The molecule has 1 unspecified atom stereocenters. The number of fused-ring (bicyclic) bond motifs is 1. The van der Waals surface area contributed by atoms with E-state index in [-0.39, 0.29) is 6.61 Å². The van der Waals surface area contributed by atoms with Gasteiger partial charge in [0.05, 0.1) is 12.1 Å². The van der Waals surface area contributed by atoms with Crippen molar-refractivity contribution in [3.63, 3.8) is 0 Å². The first-order valence-corrected chi connectivity index (χ1v) is 9.80. The Morgan fingerprint density at radius 3 is 2.58 bits per heavy atom. The highest BCUT2D eigenvalue weighted by atomic mass is 35.5. The van der Waals surface area contributed by atoms with Crippen LogP contribution in [0.3, 0.4) is 0 Å². The van der Waals surface area contributed by atoms with Gasteiger partial charge in [-0.05, 0) is 50.6 Å². The van der Waals surface area contributed by atoms with Crippen molar-refractivity contribution in [1.29, 1.82) is 0 Å². The van der Waals surface area contributed by atoms with Crippen LogP contribution < -0.4 is 10.6 Å². The van der Waals surface area contributed by atoms with Crippen molar-refractivity contribution in [3.8, 4) is 0 Å². The predicted octanol–water partition coefficient (Wildman–Crippen LogP) is 2.40. The van der Waals surface area contributed by atoms with Gasteiger partial charge < -0.3 is 15.7 Å². The monoisotopic (exact) mass is 405 g/mol. The highest BCUT2D eigenvalue weighted by molar-refractivity contribution is 7.79. The van der Waals surface area contributed by atoms with Crippen LogP contribution in [-0.4, -0.2) is 53.4 Å². The van der Waals surface area contributed by atoms with E-state index in [1.165, 1.54) is 0 Å². The molecule has 0 amide bonds. The summed E-state index contributed by atoms with van der Waals surface area (Å²) in [7, 11) is -4.67. The van der Waals surface area contributed by atoms with Crippen LogP contribution in [0.1, 0.15) is 19.8 Å². The topological polar surface area (TPSA) is 132 Å². The average Bonchev–Trinajstić information content (AvgIpc) is 2.53. The minimum absolute atomic E-state index is 0.194. The zero-order chi connectivity index (χ0) is 19.6. The number of rotatable bonds is 8. The lowest BCUT2D eigenvalue weighted by Gasteiger charge is -2.17. The second-order valence-corrected chi connectivity index (χ2v) is 6.96. The third-order valence-electron chi connectivity index (χ3n) is 3.39. The van der Waals surface area contributed by atoms with Crippen molar-refractivity contribution in [2.45, 2.75) is 25.8 Å². The number of hydrogen-bond donors (Lipinski definition) is 5. The van der Waals surface area contributed by atoms with Gasteiger partial charge in [0, 0.05) is 34.9 Å². The van der Waals surface area contributed by atoms with Gasteiger partial charge in [0.15, 0.2) is 0 Å². The van der Waals surface area contributed by atoms with Crippen molar-refractivity contribution in [3.05, 3.63) is 35.5 Å². The number of aromatic nitrogens is 1. The Bertz CT molecular complexity index is 781. The van der Waals surface area contributed by atoms with Crippen molar-refractivity contribution < 1.29 is 22.6 Å². The molecule has 1 aromatic carbocycles. The average molecular weight is 406 g/mol. The number of aliphatic hydroxyl groups is 1. The maximum absolute atomic E-state index is 8.74. The molecule has 0 aliphatic rings. The van der Waals surface area contributed by atoms with Crippen molar-refractivity contribution in [2.75, 3.05) is 25.0 Å². The van der Waals surface area contributed by atoms with E-state index in [1.807, 2.05) is 24.3 Å². The second kappa shape index (κ2) is 11.3. The third kappa shape index (κ3) is 9.85. The first-order valence-electron chi connectivity index (χ1n) is 8.03. The van der Waals surface area contributed by atoms with Crippen molar-refractivity contribution in [2.24, 2.45) is 0 Å². The first kappa shape index (κ1) is 22.6. The second-order valence-electron chi connectivity index (χ2n) is 5.63. The molecule has 0 aliphatic heterocycles. The Morgan fingerprint density at radius 2 is 1.92 bits per heavy atom. The van der Waals surface area contributed by atoms with Crippen LogP contribution in [0.2, 0.25) is 5.02 Å². The van der Waals surface area contributed by atoms with Gasteiger partial charge in [-0.1, -0.05) is 11.6 Å². The molecule has 0 bridgehead atoms. The summed E-state index contributed by atoms with van der Waals surface area (Å²) in [4.78, 5) is 4.35. The van der Waals surface area contributed by atoms with E-state index in [9.17, 15) is 0 Å². The lowest BCUT2D eigenvalue weighted by atomic mass is 10.1. The summed E-state index contributed by atoms with van der Waals surface area (Å²) in [5.41, 5.74) is 2.00. The molecule has 8 nitrogen and oxygen atoms in total. The molecule has 0 spiro atoms. The maximum Gasteiger partial charge on any atom is 0.394 e. The molecule has 0 aliphatic carbocycles. The van der Waals surface area contributed by atoms with E-state index in [0.717, 1.165) is 36.0 Å². The molecular weight excluding hydrogens is 382 g/mol. The molecule has 1 aromatic heterocycles. The molecule has 2 aromatic rings. The number of nitrogens with zero attached hydrogens (tertiary/aromatic N) is 1. The van der Waals surface area contributed by atoms with Gasteiger partial charge in [-0.2, -0.15) is 8.42 Å². The molecule has 1 atom stereocenters. The molecular formula is C16H24ClN3O5S. The van der Waals surface area contributed by atoms with E-state index >= 15 is 0 Å². The summed E-state index contributed by atoms with van der Waals surface area (Å²) >= 11 is 6.00. The standard InChI is InChI=1S/C16H22ClN3O.H2O4S/c1-12(3-2-7-18-9-10-21)20-15-6-8-19-16-11-13(17)4-5-14(15)16;1-5(2,3)4/h4-6,8,11-12,18,21H,2-3,7,9-10H2,1H3,(H,19,20);(H2,1,2,3,4). The van der Waals surface area contributed by atoms with E-state index < -0.39 is 10.4 Å². The van der Waals surface area contributed by atoms with Gasteiger partial charge in [0.1, 0.15) is 0 Å². The van der Waals surface area contributed by atoms with Crippen LogP contribution in [0.5, 0.6) is 0 Å². The molecule has 10 heteroatoms. The van der Waals surface area contributed by atoms with Gasteiger partial charge in [0.2, 0.25) is 0 Å². The summed E-state index contributed by atoms with van der Waals surface area (Å²) in [5.74, 6) is 0. The summed E-state index contributed by atoms with van der Waals surface area (Å²) in [6.45, 7) is 3.96. The zero-order valence-electron chi connectivity index (χ0n) is 14.4. The molecule has 26 heavy (non-hydrogen) atoms. The zero-order valence-corrected chi connectivity index (χ0v) is 16.0. The molecule has 0 saturated heterocycles. The fraction of sp³-hybridized carbons (Fsp3) is 0.438. The van der Waals surface area contributed by atoms with E-state index in [4.69, 9.17) is 34.2 Å². The number of pyridine rings is 1. The number of benzene rings is 1. The fourth-order valence-corrected chi connectivity index (χ4v) is 2.49. The Balaban J connectivity index is 0.000000597. The number of anilines is 1. The van der Waals surface area contributed by atoms with Crippen LogP contribution in [0.4, 0.5) is 5.69 Å². The lowest BCUT2D eigenvalue weighted by Crippen LogP contribution is -2.22. The van der Waals surface area contributed by atoms with E-state index in [0.29, 0.717) is 17.6 Å². The van der Waals surface area contributed by atoms with Gasteiger partial charge in [-0.25, -0.2) is 0 Å². The number of hydrogen-bond acceptors (Lipinski definition) is 6. The Morgan fingerprint density at radius 1 is 1.23 bits per heavy atom. The molecule has 0 saturated carbocycles. The lowest BCUT2D eigenvalue weighted by molar-refractivity contribution is 0.292. The van der Waals surface area contributed by atoms with Crippen LogP contribution in [0.25, 0.3) is 10.9 Å². The van der Waals surface area contributed by atoms with Gasteiger partial charge in [0.25, 0.3) is 0 Å². The molecule has 5 N–H and O–H groups in total.